The molecule has 8 nitrogen and oxygen atoms in total. The fourth-order valence-corrected chi connectivity index (χ4v) is 5.38. The van der Waals surface area contributed by atoms with Crippen LogP contribution in [0.3, 0.4) is 0 Å². The fraction of sp³-hybridized carbons (Fsp3) is 0.318. The minimum Gasteiger partial charge on any atom is -0.455 e. The number of halogens is 2. The van der Waals surface area contributed by atoms with Gasteiger partial charge in [-0.3, -0.25) is 4.79 Å². The summed E-state index contributed by atoms with van der Waals surface area (Å²) >= 11 is 5.99. The van der Waals surface area contributed by atoms with Crippen LogP contribution in [0.25, 0.3) is 0 Å². The topological polar surface area (TPSA) is 94.4 Å². The highest BCUT2D eigenvalue weighted by atomic mass is 35.5. The standard InChI is InChI=1S/C22H22ClFN4O4S/c23-18-5-3-16(4-6-18)21(13-27-15-25-14-26-27)32-22(29)17-2-1-11-28(12-17)33(30,31)20-9-7-19(24)8-10-20/h3-10,14-15,17,21H,1-2,11-13H2. The van der Waals surface area contributed by atoms with Crippen LogP contribution in [-0.4, -0.2) is 46.5 Å². The maximum Gasteiger partial charge on any atom is 0.310 e. The number of esters is 1. The molecular weight excluding hydrogens is 471 g/mol. The predicted octanol–water partition coefficient (Wildman–Crippen LogP) is 3.46. The molecule has 0 saturated carbocycles. The van der Waals surface area contributed by atoms with E-state index in [1.807, 2.05) is 0 Å². The number of ether oxygens (including phenoxy) is 1. The van der Waals surface area contributed by atoms with Crippen LogP contribution in [0, 0.1) is 11.7 Å². The largest absolute Gasteiger partial charge is 0.455 e. The van der Waals surface area contributed by atoms with Crippen LogP contribution in [-0.2, 0) is 26.1 Å². The van der Waals surface area contributed by atoms with Gasteiger partial charge >= 0.3 is 5.97 Å². The van der Waals surface area contributed by atoms with E-state index in [1.165, 1.54) is 29.1 Å². The average Bonchev–Trinajstić information content (AvgIpc) is 3.33. The van der Waals surface area contributed by atoms with Gasteiger partial charge in [0.1, 0.15) is 24.6 Å². The summed E-state index contributed by atoms with van der Waals surface area (Å²) in [6.07, 6.45) is 3.27. The summed E-state index contributed by atoms with van der Waals surface area (Å²) in [5.74, 6) is -1.64. The van der Waals surface area contributed by atoms with Gasteiger partial charge in [-0.25, -0.2) is 22.5 Å². The summed E-state index contributed by atoms with van der Waals surface area (Å²) in [6, 6.07) is 11.6. The monoisotopic (exact) mass is 492 g/mol. The second kappa shape index (κ2) is 9.98. The zero-order valence-electron chi connectivity index (χ0n) is 17.5. The van der Waals surface area contributed by atoms with Gasteiger partial charge in [-0.05, 0) is 54.8 Å². The number of benzene rings is 2. The molecule has 0 spiro atoms. The van der Waals surface area contributed by atoms with Gasteiger partial charge in [0.05, 0.1) is 17.4 Å². The number of carbonyl (C=O) groups is 1. The lowest BCUT2D eigenvalue weighted by molar-refractivity contribution is -0.156. The Hall–Kier alpha value is -2.82. The number of piperidine rings is 1. The van der Waals surface area contributed by atoms with Crippen LogP contribution in [0.5, 0.6) is 0 Å². The van der Waals surface area contributed by atoms with Crippen molar-refractivity contribution in [3.63, 3.8) is 0 Å². The van der Waals surface area contributed by atoms with Gasteiger partial charge in [-0.2, -0.15) is 9.40 Å². The molecule has 1 aromatic heterocycles. The van der Waals surface area contributed by atoms with Crippen molar-refractivity contribution in [1.29, 1.82) is 0 Å². The van der Waals surface area contributed by atoms with Crippen LogP contribution < -0.4 is 0 Å². The summed E-state index contributed by atoms with van der Waals surface area (Å²) in [6.45, 7) is 0.524. The molecule has 0 radical (unpaired) electrons. The number of sulfonamides is 1. The second-order valence-electron chi connectivity index (χ2n) is 7.75. The predicted molar refractivity (Wildman–Crippen MR) is 118 cm³/mol. The molecule has 4 rings (SSSR count). The first-order valence-electron chi connectivity index (χ1n) is 10.4. The van der Waals surface area contributed by atoms with E-state index in [1.54, 1.807) is 28.9 Å². The van der Waals surface area contributed by atoms with E-state index in [4.69, 9.17) is 16.3 Å². The average molecular weight is 493 g/mol. The lowest BCUT2D eigenvalue weighted by atomic mass is 9.99. The Labute approximate surface area is 196 Å². The maximum atomic E-state index is 13.2. The molecule has 2 heterocycles. The number of hydrogen-bond donors (Lipinski definition) is 0. The summed E-state index contributed by atoms with van der Waals surface area (Å²) in [7, 11) is -3.85. The third-order valence-corrected chi connectivity index (χ3v) is 7.62. The lowest BCUT2D eigenvalue weighted by Crippen LogP contribution is -2.43. The number of nitrogens with zero attached hydrogens (tertiary/aromatic N) is 4. The summed E-state index contributed by atoms with van der Waals surface area (Å²) < 4.78 is 47.8. The van der Waals surface area contributed by atoms with Gasteiger partial charge in [0, 0.05) is 18.1 Å². The van der Waals surface area contributed by atoms with Gasteiger partial charge in [-0.15, -0.1) is 0 Å². The van der Waals surface area contributed by atoms with E-state index in [2.05, 4.69) is 10.1 Å². The van der Waals surface area contributed by atoms with Gasteiger partial charge in [-0.1, -0.05) is 23.7 Å². The van der Waals surface area contributed by atoms with E-state index in [0.717, 1.165) is 17.7 Å². The first-order chi connectivity index (χ1) is 15.8. The Morgan fingerprint density at radius 2 is 1.91 bits per heavy atom. The van der Waals surface area contributed by atoms with Crippen molar-refractivity contribution < 1.29 is 22.3 Å². The molecule has 1 aliphatic rings. The van der Waals surface area contributed by atoms with E-state index < -0.39 is 33.8 Å². The highest BCUT2D eigenvalue weighted by Gasteiger charge is 2.35. The first kappa shape index (κ1) is 23.3. The molecule has 2 unspecified atom stereocenters. The molecule has 174 valence electrons. The fourth-order valence-electron chi connectivity index (χ4n) is 3.73. The molecular formula is C22H22ClFN4O4S. The summed E-state index contributed by atoms with van der Waals surface area (Å²) in [5, 5.41) is 4.63. The highest BCUT2D eigenvalue weighted by molar-refractivity contribution is 7.89. The molecule has 2 aromatic carbocycles. The van der Waals surface area contributed by atoms with Crippen LogP contribution in [0.2, 0.25) is 5.02 Å². The Kier molecular flexibility index (Phi) is 7.06. The molecule has 2 atom stereocenters. The molecule has 1 saturated heterocycles. The van der Waals surface area contributed by atoms with E-state index in [-0.39, 0.29) is 24.5 Å². The van der Waals surface area contributed by atoms with E-state index >= 15 is 0 Å². The van der Waals surface area contributed by atoms with Gasteiger partial charge in [0.25, 0.3) is 0 Å². The van der Waals surface area contributed by atoms with Crippen LogP contribution in [0.15, 0.2) is 66.1 Å². The molecule has 0 N–H and O–H groups in total. The molecule has 33 heavy (non-hydrogen) atoms. The number of rotatable bonds is 7. The Balaban J connectivity index is 1.49. The zero-order chi connectivity index (χ0) is 23.4. The van der Waals surface area contributed by atoms with Gasteiger partial charge in [0.2, 0.25) is 10.0 Å². The smallest absolute Gasteiger partial charge is 0.310 e. The van der Waals surface area contributed by atoms with Crippen molar-refractivity contribution in [1.82, 2.24) is 19.1 Å². The Bertz CT molecular complexity index is 1190. The zero-order valence-corrected chi connectivity index (χ0v) is 19.1. The molecule has 3 aromatic rings. The third kappa shape index (κ3) is 5.58. The lowest BCUT2D eigenvalue weighted by Gasteiger charge is -2.31. The molecule has 1 fully saturated rings. The normalized spacial score (nSPS) is 18.1. The minimum atomic E-state index is -3.85. The van der Waals surface area contributed by atoms with Gasteiger partial charge < -0.3 is 4.74 Å². The first-order valence-corrected chi connectivity index (χ1v) is 12.2. The highest BCUT2D eigenvalue weighted by Crippen LogP contribution is 2.28. The number of aromatic nitrogens is 3. The van der Waals surface area contributed by atoms with Gasteiger partial charge in [0.15, 0.2) is 0 Å². The van der Waals surface area contributed by atoms with Crippen molar-refractivity contribution in [2.45, 2.75) is 30.4 Å². The van der Waals surface area contributed by atoms with Crippen LogP contribution >= 0.6 is 11.6 Å². The van der Waals surface area contributed by atoms with Crippen LogP contribution in [0.4, 0.5) is 4.39 Å². The molecule has 0 bridgehead atoms. The minimum absolute atomic E-state index is 0.00476. The number of hydrogen-bond acceptors (Lipinski definition) is 6. The quantitative estimate of drug-likeness (QED) is 0.469. The molecule has 11 heteroatoms. The Morgan fingerprint density at radius 1 is 1.18 bits per heavy atom. The van der Waals surface area contributed by atoms with E-state index in [0.29, 0.717) is 17.9 Å². The van der Waals surface area contributed by atoms with Crippen molar-refractivity contribution >= 4 is 27.6 Å². The van der Waals surface area contributed by atoms with Crippen molar-refractivity contribution in [3.05, 3.63) is 77.6 Å². The molecule has 1 aliphatic heterocycles. The SMILES string of the molecule is O=C(OC(Cn1cncn1)c1ccc(Cl)cc1)C1CCCN(S(=O)(=O)c2ccc(F)cc2)C1. The summed E-state index contributed by atoms with van der Waals surface area (Å²) in [5.41, 5.74) is 0.731. The second-order valence-corrected chi connectivity index (χ2v) is 10.1. The third-order valence-electron chi connectivity index (χ3n) is 5.49. The summed E-state index contributed by atoms with van der Waals surface area (Å²) in [4.78, 5) is 17.0. The maximum absolute atomic E-state index is 13.2. The molecule has 0 aliphatic carbocycles. The molecule has 0 amide bonds. The van der Waals surface area contributed by atoms with E-state index in [9.17, 15) is 17.6 Å². The number of carbonyl (C=O) groups excluding carboxylic acids is 1. The van der Waals surface area contributed by atoms with Crippen molar-refractivity contribution in [2.75, 3.05) is 13.1 Å². The van der Waals surface area contributed by atoms with Crippen LogP contribution in [0.1, 0.15) is 24.5 Å². The van der Waals surface area contributed by atoms with Crippen molar-refractivity contribution in [3.8, 4) is 0 Å². The van der Waals surface area contributed by atoms with Crippen molar-refractivity contribution in [2.24, 2.45) is 5.92 Å². The Morgan fingerprint density at radius 3 is 2.58 bits per heavy atom.